The van der Waals surface area contributed by atoms with Crippen LogP contribution >= 0.6 is 22.9 Å². The van der Waals surface area contributed by atoms with E-state index in [9.17, 15) is 4.79 Å². The average molecular weight is 341 g/mol. The van der Waals surface area contributed by atoms with E-state index >= 15 is 0 Å². The molecular formula is C15H17ClN2O3S. The van der Waals surface area contributed by atoms with Gasteiger partial charge in [-0.15, -0.1) is 11.3 Å². The number of carbonyl (C=O) groups excluding carboxylic acids is 1. The molecule has 1 amide bonds. The Hall–Kier alpha value is -1.79. The predicted octanol–water partition coefficient (Wildman–Crippen LogP) is 3.09. The van der Waals surface area contributed by atoms with E-state index in [0.717, 1.165) is 10.7 Å². The molecule has 0 spiro atoms. The summed E-state index contributed by atoms with van der Waals surface area (Å²) in [6.45, 7) is 2.46. The first-order chi connectivity index (χ1) is 10.5. The fourth-order valence-corrected chi connectivity index (χ4v) is 2.91. The molecule has 118 valence electrons. The van der Waals surface area contributed by atoms with Crippen LogP contribution in [-0.4, -0.2) is 31.7 Å². The summed E-state index contributed by atoms with van der Waals surface area (Å²) in [5, 5.41) is 6.19. The summed E-state index contributed by atoms with van der Waals surface area (Å²) in [7, 11) is 3.00. The summed E-state index contributed by atoms with van der Waals surface area (Å²) in [5.74, 6) is 0.628. The molecule has 0 bridgehead atoms. The van der Waals surface area contributed by atoms with Gasteiger partial charge in [-0.1, -0.05) is 11.6 Å². The summed E-state index contributed by atoms with van der Waals surface area (Å²) in [6.07, 6.45) is 0.692. The van der Waals surface area contributed by atoms with Crippen LogP contribution in [0.3, 0.4) is 0 Å². The van der Waals surface area contributed by atoms with Crippen LogP contribution in [0.4, 0.5) is 0 Å². The van der Waals surface area contributed by atoms with E-state index in [0.29, 0.717) is 35.1 Å². The minimum Gasteiger partial charge on any atom is -0.493 e. The molecule has 1 aromatic heterocycles. The van der Waals surface area contributed by atoms with Crippen LogP contribution in [0, 0.1) is 6.92 Å². The summed E-state index contributed by atoms with van der Waals surface area (Å²) in [6, 6.07) is 3.16. The zero-order valence-corrected chi connectivity index (χ0v) is 14.2. The van der Waals surface area contributed by atoms with E-state index in [4.69, 9.17) is 21.1 Å². The van der Waals surface area contributed by atoms with Gasteiger partial charge in [-0.2, -0.15) is 0 Å². The lowest BCUT2D eigenvalue weighted by molar-refractivity contribution is 0.0953. The molecule has 0 radical (unpaired) electrons. The number of nitrogens with zero attached hydrogens (tertiary/aromatic N) is 1. The molecule has 1 N–H and O–H groups in total. The van der Waals surface area contributed by atoms with Crippen LogP contribution in [0.1, 0.15) is 21.1 Å². The van der Waals surface area contributed by atoms with Crippen molar-refractivity contribution in [3.8, 4) is 11.5 Å². The highest BCUT2D eigenvalue weighted by Gasteiger charge is 2.15. The molecule has 2 aromatic rings. The minimum atomic E-state index is -0.213. The van der Waals surface area contributed by atoms with E-state index in [1.54, 1.807) is 23.5 Å². The normalized spacial score (nSPS) is 10.4. The third-order valence-corrected chi connectivity index (χ3v) is 4.13. The van der Waals surface area contributed by atoms with E-state index < -0.39 is 0 Å². The Labute approximate surface area is 138 Å². The monoisotopic (exact) mass is 340 g/mol. The number of carbonyl (C=O) groups is 1. The van der Waals surface area contributed by atoms with Crippen molar-refractivity contribution in [2.75, 3.05) is 20.8 Å². The van der Waals surface area contributed by atoms with Gasteiger partial charge in [0.25, 0.3) is 5.91 Å². The van der Waals surface area contributed by atoms with Crippen LogP contribution in [0.15, 0.2) is 17.5 Å². The average Bonchev–Trinajstić information content (AvgIpc) is 2.91. The SMILES string of the molecule is COc1cc(C(=O)NCCc2csc(C)n2)cc(Cl)c1OC. The molecule has 2 rings (SSSR count). The smallest absolute Gasteiger partial charge is 0.251 e. The fraction of sp³-hybridized carbons (Fsp3) is 0.333. The number of amides is 1. The Morgan fingerprint density at radius 1 is 1.36 bits per heavy atom. The predicted molar refractivity (Wildman–Crippen MR) is 87.4 cm³/mol. The van der Waals surface area contributed by atoms with Gasteiger partial charge in [-0.3, -0.25) is 4.79 Å². The summed E-state index contributed by atoms with van der Waals surface area (Å²) in [5.41, 5.74) is 1.41. The van der Waals surface area contributed by atoms with Crippen molar-refractivity contribution in [2.24, 2.45) is 0 Å². The maximum atomic E-state index is 12.2. The second kappa shape index (κ2) is 7.47. The highest BCUT2D eigenvalue weighted by molar-refractivity contribution is 7.09. The number of ether oxygens (including phenoxy) is 2. The van der Waals surface area contributed by atoms with Crippen molar-refractivity contribution >= 4 is 28.8 Å². The van der Waals surface area contributed by atoms with Gasteiger partial charge >= 0.3 is 0 Å². The van der Waals surface area contributed by atoms with Crippen molar-refractivity contribution in [1.82, 2.24) is 10.3 Å². The molecule has 5 nitrogen and oxygen atoms in total. The Balaban J connectivity index is 2.01. The fourth-order valence-electron chi connectivity index (χ4n) is 1.98. The number of methoxy groups -OCH3 is 2. The first kappa shape index (κ1) is 16.6. The van der Waals surface area contributed by atoms with Crippen molar-refractivity contribution in [3.63, 3.8) is 0 Å². The molecule has 0 aliphatic heterocycles. The molecule has 0 aliphatic carbocycles. The number of aryl methyl sites for hydroxylation is 1. The second-order valence-electron chi connectivity index (χ2n) is 4.56. The zero-order chi connectivity index (χ0) is 16.1. The zero-order valence-electron chi connectivity index (χ0n) is 12.6. The third kappa shape index (κ3) is 3.90. The number of thiazole rings is 1. The highest BCUT2D eigenvalue weighted by atomic mass is 35.5. The number of hydrogen-bond donors (Lipinski definition) is 1. The first-order valence-corrected chi connectivity index (χ1v) is 7.91. The third-order valence-electron chi connectivity index (χ3n) is 3.03. The van der Waals surface area contributed by atoms with Crippen molar-refractivity contribution in [1.29, 1.82) is 0 Å². The Morgan fingerprint density at radius 3 is 2.73 bits per heavy atom. The molecule has 1 aromatic carbocycles. The molecule has 0 atom stereocenters. The molecule has 0 saturated heterocycles. The van der Waals surface area contributed by atoms with Crippen LogP contribution in [0.5, 0.6) is 11.5 Å². The number of nitrogens with one attached hydrogen (secondary N) is 1. The van der Waals surface area contributed by atoms with Gasteiger partial charge < -0.3 is 14.8 Å². The maximum Gasteiger partial charge on any atom is 0.251 e. The van der Waals surface area contributed by atoms with Gasteiger partial charge in [-0.05, 0) is 19.1 Å². The first-order valence-electron chi connectivity index (χ1n) is 6.66. The van der Waals surface area contributed by atoms with Crippen molar-refractivity contribution < 1.29 is 14.3 Å². The lowest BCUT2D eigenvalue weighted by Crippen LogP contribution is -2.25. The van der Waals surface area contributed by atoms with Gasteiger partial charge in [0.15, 0.2) is 11.5 Å². The number of hydrogen-bond acceptors (Lipinski definition) is 5. The van der Waals surface area contributed by atoms with Crippen molar-refractivity contribution in [2.45, 2.75) is 13.3 Å². The molecule has 7 heteroatoms. The summed E-state index contributed by atoms with van der Waals surface area (Å²) in [4.78, 5) is 16.5. The molecule has 0 fully saturated rings. The highest BCUT2D eigenvalue weighted by Crippen LogP contribution is 2.35. The van der Waals surface area contributed by atoms with E-state index in [1.165, 1.54) is 14.2 Å². The summed E-state index contributed by atoms with van der Waals surface area (Å²) >= 11 is 7.70. The van der Waals surface area contributed by atoms with Crippen molar-refractivity contribution in [3.05, 3.63) is 38.8 Å². The Morgan fingerprint density at radius 2 is 2.14 bits per heavy atom. The quantitative estimate of drug-likeness (QED) is 0.877. The molecule has 1 heterocycles. The Kier molecular flexibility index (Phi) is 5.63. The number of aromatic nitrogens is 1. The lowest BCUT2D eigenvalue weighted by Gasteiger charge is -2.11. The molecule has 0 saturated carbocycles. The van der Waals surface area contributed by atoms with Gasteiger partial charge in [0.1, 0.15) is 0 Å². The number of halogens is 1. The number of benzene rings is 1. The lowest BCUT2D eigenvalue weighted by atomic mass is 10.2. The minimum absolute atomic E-state index is 0.213. The number of rotatable bonds is 6. The van der Waals surface area contributed by atoms with Gasteiger partial charge in [-0.25, -0.2) is 4.98 Å². The molecule has 22 heavy (non-hydrogen) atoms. The van der Waals surface area contributed by atoms with Gasteiger partial charge in [0.2, 0.25) is 0 Å². The standard InChI is InChI=1S/C15H17ClN2O3S/c1-9-18-11(8-22-9)4-5-17-15(19)10-6-12(16)14(21-3)13(7-10)20-2/h6-8H,4-5H2,1-3H3,(H,17,19). The Bertz CT molecular complexity index is 673. The van der Waals surface area contributed by atoms with Crippen LogP contribution < -0.4 is 14.8 Å². The second-order valence-corrected chi connectivity index (χ2v) is 6.03. The van der Waals surface area contributed by atoms with Gasteiger partial charge in [0.05, 0.1) is 29.9 Å². The largest absolute Gasteiger partial charge is 0.493 e. The van der Waals surface area contributed by atoms with Gasteiger partial charge in [0, 0.05) is 23.9 Å². The maximum absolute atomic E-state index is 12.2. The molecular weight excluding hydrogens is 324 g/mol. The topological polar surface area (TPSA) is 60.5 Å². The molecule has 0 unspecified atom stereocenters. The van der Waals surface area contributed by atoms with E-state index in [2.05, 4.69) is 10.3 Å². The van der Waals surface area contributed by atoms with Crippen LogP contribution in [-0.2, 0) is 6.42 Å². The molecule has 0 aliphatic rings. The van der Waals surface area contributed by atoms with Crippen LogP contribution in [0.2, 0.25) is 5.02 Å². The summed E-state index contributed by atoms with van der Waals surface area (Å²) < 4.78 is 10.3. The van der Waals surface area contributed by atoms with E-state index in [-0.39, 0.29) is 5.91 Å². The van der Waals surface area contributed by atoms with E-state index in [1.807, 2.05) is 12.3 Å². The van der Waals surface area contributed by atoms with Crippen LogP contribution in [0.25, 0.3) is 0 Å².